The molecule has 1 aromatic rings. The van der Waals surface area contributed by atoms with Crippen LogP contribution in [0, 0.1) is 5.92 Å². The van der Waals surface area contributed by atoms with Gasteiger partial charge in [0.05, 0.1) is 0 Å². The van der Waals surface area contributed by atoms with Crippen molar-refractivity contribution in [1.29, 1.82) is 0 Å². The van der Waals surface area contributed by atoms with Crippen LogP contribution < -0.4 is 5.43 Å². The standard InChI is InChI=1S/C11H16N2O3S/c1-2-13(8-9-3-4-9)17(15,16)11-7-12-6-5-10(11)14/h5-7,9H,2-4,8H2,1H3,(H,12,14). The monoisotopic (exact) mass is 256 g/mol. The molecule has 6 heteroatoms. The van der Waals surface area contributed by atoms with E-state index in [-0.39, 0.29) is 4.90 Å². The topological polar surface area (TPSA) is 70.2 Å². The van der Waals surface area contributed by atoms with Crippen LogP contribution in [0.25, 0.3) is 0 Å². The lowest BCUT2D eigenvalue weighted by Crippen LogP contribution is -2.35. The number of aromatic amines is 1. The van der Waals surface area contributed by atoms with E-state index in [2.05, 4.69) is 4.98 Å². The first-order valence-corrected chi connectivity index (χ1v) is 7.17. The second-order valence-corrected chi connectivity index (χ2v) is 6.18. The van der Waals surface area contributed by atoms with Crippen LogP contribution in [0.1, 0.15) is 19.8 Å². The van der Waals surface area contributed by atoms with E-state index in [4.69, 9.17) is 0 Å². The van der Waals surface area contributed by atoms with Crippen molar-refractivity contribution in [3.05, 3.63) is 28.7 Å². The number of sulfonamides is 1. The molecular formula is C11H16N2O3S. The Hall–Kier alpha value is -1.14. The maximum absolute atomic E-state index is 12.3. The predicted octanol–water partition coefficient (Wildman–Crippen LogP) is 0.796. The molecule has 1 aliphatic rings. The minimum atomic E-state index is -3.65. The van der Waals surface area contributed by atoms with Gasteiger partial charge >= 0.3 is 0 Å². The third-order valence-electron chi connectivity index (χ3n) is 2.92. The molecule has 1 N–H and O–H groups in total. The summed E-state index contributed by atoms with van der Waals surface area (Å²) < 4.78 is 25.9. The molecule has 5 nitrogen and oxygen atoms in total. The maximum Gasteiger partial charge on any atom is 0.248 e. The van der Waals surface area contributed by atoms with Gasteiger partial charge in [0, 0.05) is 31.5 Å². The Labute approximate surface area is 101 Å². The second-order valence-electron chi connectivity index (χ2n) is 4.27. The van der Waals surface area contributed by atoms with Crippen molar-refractivity contribution >= 4 is 10.0 Å². The summed E-state index contributed by atoms with van der Waals surface area (Å²) in [6, 6.07) is 1.23. The van der Waals surface area contributed by atoms with Gasteiger partial charge in [0.25, 0.3) is 0 Å². The summed E-state index contributed by atoms with van der Waals surface area (Å²) in [7, 11) is -3.65. The van der Waals surface area contributed by atoms with Gasteiger partial charge in [-0.1, -0.05) is 6.92 Å². The highest BCUT2D eigenvalue weighted by molar-refractivity contribution is 7.89. The van der Waals surface area contributed by atoms with E-state index in [1.165, 1.54) is 22.8 Å². The molecule has 0 aromatic carbocycles. The SMILES string of the molecule is CCN(CC1CC1)S(=O)(=O)c1c[nH]ccc1=O. The third kappa shape index (κ3) is 2.58. The number of rotatable bonds is 5. The van der Waals surface area contributed by atoms with E-state index in [1.807, 2.05) is 0 Å². The number of nitrogens with zero attached hydrogens (tertiary/aromatic N) is 1. The lowest BCUT2D eigenvalue weighted by molar-refractivity contribution is 0.411. The second kappa shape index (κ2) is 4.62. The first-order chi connectivity index (χ1) is 8.05. The average molecular weight is 256 g/mol. The zero-order valence-electron chi connectivity index (χ0n) is 9.72. The number of nitrogens with one attached hydrogen (secondary N) is 1. The lowest BCUT2D eigenvalue weighted by atomic mass is 10.4. The molecule has 2 rings (SSSR count). The zero-order chi connectivity index (χ0) is 12.5. The van der Waals surface area contributed by atoms with Crippen molar-refractivity contribution < 1.29 is 8.42 Å². The molecule has 0 spiro atoms. The smallest absolute Gasteiger partial charge is 0.248 e. The van der Waals surface area contributed by atoms with E-state index in [0.29, 0.717) is 19.0 Å². The first-order valence-electron chi connectivity index (χ1n) is 5.73. The van der Waals surface area contributed by atoms with Crippen LogP contribution in [0.5, 0.6) is 0 Å². The Morgan fingerprint density at radius 1 is 1.47 bits per heavy atom. The fourth-order valence-electron chi connectivity index (χ4n) is 1.73. The fraction of sp³-hybridized carbons (Fsp3) is 0.545. The lowest BCUT2D eigenvalue weighted by Gasteiger charge is -2.19. The molecule has 17 heavy (non-hydrogen) atoms. The summed E-state index contributed by atoms with van der Waals surface area (Å²) in [5.74, 6) is 0.465. The molecular weight excluding hydrogens is 240 g/mol. The highest BCUT2D eigenvalue weighted by Gasteiger charge is 2.31. The van der Waals surface area contributed by atoms with Gasteiger partial charge in [-0.05, 0) is 18.8 Å². The first kappa shape index (κ1) is 12.3. The Morgan fingerprint density at radius 3 is 2.71 bits per heavy atom. The van der Waals surface area contributed by atoms with Gasteiger partial charge in [-0.3, -0.25) is 4.79 Å². The quantitative estimate of drug-likeness (QED) is 0.847. The summed E-state index contributed by atoms with van der Waals surface area (Å²) in [6.07, 6.45) is 4.85. The highest BCUT2D eigenvalue weighted by atomic mass is 32.2. The Kier molecular flexibility index (Phi) is 3.35. The normalized spacial score (nSPS) is 16.4. The minimum Gasteiger partial charge on any atom is -0.366 e. The summed E-state index contributed by atoms with van der Waals surface area (Å²) in [4.78, 5) is 14.0. The van der Waals surface area contributed by atoms with Crippen molar-refractivity contribution in [2.75, 3.05) is 13.1 Å². The van der Waals surface area contributed by atoms with E-state index < -0.39 is 15.5 Å². The van der Waals surface area contributed by atoms with Crippen LogP contribution in [-0.4, -0.2) is 30.8 Å². The van der Waals surface area contributed by atoms with Gasteiger partial charge in [0.2, 0.25) is 15.5 Å². The van der Waals surface area contributed by atoms with Crippen molar-refractivity contribution in [1.82, 2.24) is 9.29 Å². The molecule has 0 aliphatic heterocycles. The molecule has 0 unspecified atom stereocenters. The summed E-state index contributed by atoms with van der Waals surface area (Å²) >= 11 is 0. The summed E-state index contributed by atoms with van der Waals surface area (Å²) in [6.45, 7) is 2.71. The van der Waals surface area contributed by atoms with Crippen LogP contribution >= 0.6 is 0 Å². The molecule has 0 saturated heterocycles. The van der Waals surface area contributed by atoms with Crippen molar-refractivity contribution in [2.45, 2.75) is 24.7 Å². The van der Waals surface area contributed by atoms with E-state index in [9.17, 15) is 13.2 Å². The number of pyridine rings is 1. The van der Waals surface area contributed by atoms with Gasteiger partial charge < -0.3 is 4.98 Å². The van der Waals surface area contributed by atoms with Gasteiger partial charge in [0.15, 0.2) is 0 Å². The molecule has 0 atom stereocenters. The van der Waals surface area contributed by atoms with E-state index in [1.54, 1.807) is 6.92 Å². The molecule has 1 fully saturated rings. The Bertz CT molecular complexity index is 546. The third-order valence-corrected chi connectivity index (χ3v) is 4.88. The Balaban J connectivity index is 2.33. The zero-order valence-corrected chi connectivity index (χ0v) is 10.5. The summed E-state index contributed by atoms with van der Waals surface area (Å²) in [5, 5.41) is 0. The molecule has 0 bridgehead atoms. The average Bonchev–Trinajstić information content (AvgIpc) is 3.09. The van der Waals surface area contributed by atoms with Crippen molar-refractivity contribution in [3.63, 3.8) is 0 Å². The molecule has 0 amide bonds. The van der Waals surface area contributed by atoms with E-state index >= 15 is 0 Å². The largest absolute Gasteiger partial charge is 0.366 e. The minimum absolute atomic E-state index is 0.164. The maximum atomic E-state index is 12.3. The van der Waals surface area contributed by atoms with Crippen molar-refractivity contribution in [2.24, 2.45) is 5.92 Å². The molecule has 0 radical (unpaired) electrons. The highest BCUT2D eigenvalue weighted by Crippen LogP contribution is 2.31. The van der Waals surface area contributed by atoms with Crippen LogP contribution in [0.3, 0.4) is 0 Å². The van der Waals surface area contributed by atoms with Crippen LogP contribution in [-0.2, 0) is 10.0 Å². The summed E-state index contributed by atoms with van der Waals surface area (Å²) in [5.41, 5.74) is -0.460. The van der Waals surface area contributed by atoms with Gasteiger partial charge in [0.1, 0.15) is 4.90 Å². The van der Waals surface area contributed by atoms with Crippen molar-refractivity contribution in [3.8, 4) is 0 Å². The fourth-order valence-corrected chi connectivity index (χ4v) is 3.29. The number of aromatic nitrogens is 1. The number of H-pyrrole nitrogens is 1. The molecule has 1 saturated carbocycles. The van der Waals surface area contributed by atoms with Gasteiger partial charge in [-0.2, -0.15) is 4.31 Å². The van der Waals surface area contributed by atoms with Gasteiger partial charge in [-0.15, -0.1) is 0 Å². The molecule has 1 aliphatic carbocycles. The number of hydrogen-bond donors (Lipinski definition) is 1. The Morgan fingerprint density at radius 2 is 2.18 bits per heavy atom. The predicted molar refractivity (Wildman–Crippen MR) is 64.2 cm³/mol. The van der Waals surface area contributed by atoms with Crippen LogP contribution in [0.2, 0.25) is 0 Å². The molecule has 1 heterocycles. The van der Waals surface area contributed by atoms with E-state index in [0.717, 1.165) is 12.8 Å². The molecule has 94 valence electrons. The number of hydrogen-bond acceptors (Lipinski definition) is 3. The molecule has 1 aromatic heterocycles. The van der Waals surface area contributed by atoms with Gasteiger partial charge in [-0.25, -0.2) is 8.42 Å². The van der Waals surface area contributed by atoms with Crippen LogP contribution in [0.4, 0.5) is 0 Å². The van der Waals surface area contributed by atoms with Crippen LogP contribution in [0.15, 0.2) is 28.2 Å².